The molecule has 0 radical (unpaired) electrons. The molecule has 0 saturated carbocycles. The topological polar surface area (TPSA) is 41.6 Å². The number of nitrogens with one attached hydrogen (secondary N) is 1. The Morgan fingerprint density at radius 1 is 1.32 bits per heavy atom. The highest BCUT2D eigenvalue weighted by Crippen LogP contribution is 2.16. The fourth-order valence-electron chi connectivity index (χ4n) is 2.35. The van der Waals surface area contributed by atoms with Crippen LogP contribution in [0.5, 0.6) is 5.75 Å². The van der Waals surface area contributed by atoms with Crippen LogP contribution < -0.4 is 10.1 Å². The molecule has 0 unspecified atom stereocenters. The average Bonchev–Trinajstić information content (AvgIpc) is 2.48. The largest absolute Gasteiger partial charge is 0.497 e. The van der Waals surface area contributed by atoms with Crippen LogP contribution in [0.2, 0.25) is 0 Å². The lowest BCUT2D eigenvalue weighted by Gasteiger charge is -2.26. The maximum atomic E-state index is 12.0. The first-order chi connectivity index (χ1) is 9.29. The van der Waals surface area contributed by atoms with Crippen molar-refractivity contribution in [3.63, 3.8) is 0 Å². The van der Waals surface area contributed by atoms with Crippen molar-refractivity contribution in [1.29, 1.82) is 0 Å². The smallest absolute Gasteiger partial charge is 0.224 e. The second-order valence-electron chi connectivity index (χ2n) is 4.85. The van der Waals surface area contributed by atoms with E-state index in [0.29, 0.717) is 13.0 Å². The molecule has 1 N–H and O–H groups in total. The molecule has 19 heavy (non-hydrogen) atoms. The lowest BCUT2D eigenvalue weighted by atomic mass is 10.1. The maximum absolute atomic E-state index is 12.0. The molecule has 1 saturated heterocycles. The number of ether oxygens (including phenoxy) is 1. The molecule has 1 amide bonds. The predicted molar refractivity (Wildman–Crippen MR) is 76.5 cm³/mol. The second kappa shape index (κ2) is 7.02. The quantitative estimate of drug-likeness (QED) is 0.886. The van der Waals surface area contributed by atoms with Gasteiger partial charge in [0.15, 0.2) is 0 Å². The van der Waals surface area contributed by atoms with E-state index in [1.807, 2.05) is 29.2 Å². The van der Waals surface area contributed by atoms with E-state index in [1.165, 1.54) is 6.42 Å². The summed E-state index contributed by atoms with van der Waals surface area (Å²) in [5, 5.41) is 3.26. The van der Waals surface area contributed by atoms with Crippen molar-refractivity contribution >= 4 is 11.6 Å². The number of anilines is 1. The monoisotopic (exact) mass is 262 g/mol. The third-order valence-electron chi connectivity index (χ3n) is 3.45. The van der Waals surface area contributed by atoms with Crippen molar-refractivity contribution in [1.82, 2.24) is 4.90 Å². The van der Waals surface area contributed by atoms with E-state index in [0.717, 1.165) is 37.4 Å². The molecule has 0 bridgehead atoms. The number of carbonyl (C=O) groups is 1. The van der Waals surface area contributed by atoms with E-state index >= 15 is 0 Å². The second-order valence-corrected chi connectivity index (χ2v) is 4.85. The molecule has 0 atom stereocenters. The highest BCUT2D eigenvalue weighted by Gasteiger charge is 2.15. The van der Waals surface area contributed by atoms with Crippen LogP contribution in [0, 0.1) is 0 Å². The molecule has 1 aromatic rings. The van der Waals surface area contributed by atoms with Gasteiger partial charge in [0.05, 0.1) is 7.11 Å². The number of rotatable bonds is 5. The highest BCUT2D eigenvalue weighted by atomic mass is 16.5. The number of hydrogen-bond acceptors (Lipinski definition) is 3. The minimum Gasteiger partial charge on any atom is -0.497 e. The zero-order chi connectivity index (χ0) is 13.5. The van der Waals surface area contributed by atoms with Gasteiger partial charge in [0.1, 0.15) is 5.75 Å². The van der Waals surface area contributed by atoms with E-state index in [2.05, 4.69) is 5.32 Å². The molecule has 1 aliphatic heterocycles. The summed E-state index contributed by atoms with van der Waals surface area (Å²) in [5.41, 5.74) is 0.991. The van der Waals surface area contributed by atoms with Gasteiger partial charge in [-0.2, -0.15) is 0 Å². The van der Waals surface area contributed by atoms with Crippen LogP contribution in [0.25, 0.3) is 0 Å². The molecule has 104 valence electrons. The maximum Gasteiger partial charge on any atom is 0.224 e. The van der Waals surface area contributed by atoms with Crippen LogP contribution in [0.3, 0.4) is 0 Å². The van der Waals surface area contributed by atoms with Gasteiger partial charge >= 0.3 is 0 Å². The Hall–Kier alpha value is -1.71. The van der Waals surface area contributed by atoms with Gasteiger partial charge in [-0.15, -0.1) is 0 Å². The van der Waals surface area contributed by atoms with Gasteiger partial charge in [0.2, 0.25) is 5.91 Å². The zero-order valence-electron chi connectivity index (χ0n) is 11.5. The van der Waals surface area contributed by atoms with E-state index in [4.69, 9.17) is 4.74 Å². The van der Waals surface area contributed by atoms with Crippen molar-refractivity contribution in [2.75, 3.05) is 32.1 Å². The number of benzene rings is 1. The Morgan fingerprint density at radius 3 is 2.84 bits per heavy atom. The molecule has 2 rings (SSSR count). The van der Waals surface area contributed by atoms with Crippen LogP contribution in [-0.2, 0) is 4.79 Å². The lowest BCUT2D eigenvalue weighted by Crippen LogP contribution is -2.36. The zero-order valence-corrected chi connectivity index (χ0v) is 11.5. The van der Waals surface area contributed by atoms with Gasteiger partial charge in [-0.1, -0.05) is 6.07 Å². The van der Waals surface area contributed by atoms with E-state index in [9.17, 15) is 4.79 Å². The molecule has 0 aromatic heterocycles. The van der Waals surface area contributed by atoms with E-state index in [-0.39, 0.29) is 5.91 Å². The lowest BCUT2D eigenvalue weighted by molar-refractivity contribution is -0.131. The molecular weight excluding hydrogens is 240 g/mol. The van der Waals surface area contributed by atoms with Gasteiger partial charge in [-0.25, -0.2) is 0 Å². The number of carbonyl (C=O) groups excluding carboxylic acids is 1. The minimum absolute atomic E-state index is 0.259. The molecule has 4 heteroatoms. The SMILES string of the molecule is COc1cccc(NCCC(=O)N2CCCCC2)c1. The van der Waals surface area contributed by atoms with Gasteiger partial charge in [-0.3, -0.25) is 4.79 Å². The van der Waals surface area contributed by atoms with Crippen molar-refractivity contribution < 1.29 is 9.53 Å². The Labute approximate surface area is 114 Å². The molecule has 0 aliphatic carbocycles. The third-order valence-corrected chi connectivity index (χ3v) is 3.45. The molecular formula is C15H22N2O2. The summed E-state index contributed by atoms with van der Waals surface area (Å²) >= 11 is 0. The summed E-state index contributed by atoms with van der Waals surface area (Å²) in [6.45, 7) is 2.53. The molecule has 1 heterocycles. The Bertz CT molecular complexity index is 414. The number of nitrogens with zero attached hydrogens (tertiary/aromatic N) is 1. The predicted octanol–water partition coefficient (Wildman–Crippen LogP) is 2.51. The van der Waals surface area contributed by atoms with Gasteiger partial charge in [-0.05, 0) is 31.4 Å². The normalized spacial score (nSPS) is 15.1. The number of amides is 1. The van der Waals surface area contributed by atoms with Crippen LogP contribution >= 0.6 is 0 Å². The number of methoxy groups -OCH3 is 1. The van der Waals surface area contributed by atoms with Crippen LogP contribution in [0.4, 0.5) is 5.69 Å². The third kappa shape index (κ3) is 4.16. The average molecular weight is 262 g/mol. The van der Waals surface area contributed by atoms with Crippen molar-refractivity contribution in [2.24, 2.45) is 0 Å². The summed E-state index contributed by atoms with van der Waals surface area (Å²) in [6.07, 6.45) is 4.10. The fourth-order valence-corrected chi connectivity index (χ4v) is 2.35. The Morgan fingerprint density at radius 2 is 2.11 bits per heavy atom. The van der Waals surface area contributed by atoms with Crippen molar-refractivity contribution in [2.45, 2.75) is 25.7 Å². The summed E-state index contributed by atoms with van der Waals surface area (Å²) in [6, 6.07) is 7.76. The van der Waals surface area contributed by atoms with Crippen molar-refractivity contribution in [3.05, 3.63) is 24.3 Å². The number of hydrogen-bond donors (Lipinski definition) is 1. The van der Waals surface area contributed by atoms with E-state index in [1.54, 1.807) is 7.11 Å². The van der Waals surface area contributed by atoms with Crippen LogP contribution in [-0.4, -0.2) is 37.6 Å². The van der Waals surface area contributed by atoms with Crippen molar-refractivity contribution in [3.8, 4) is 5.75 Å². The summed E-state index contributed by atoms with van der Waals surface area (Å²) in [7, 11) is 1.65. The Kier molecular flexibility index (Phi) is 5.07. The summed E-state index contributed by atoms with van der Waals surface area (Å²) < 4.78 is 5.16. The standard InChI is InChI=1S/C15H22N2O2/c1-19-14-7-5-6-13(12-14)16-9-8-15(18)17-10-3-2-4-11-17/h5-7,12,16H,2-4,8-11H2,1H3. The molecule has 1 aromatic carbocycles. The first kappa shape index (κ1) is 13.7. The van der Waals surface area contributed by atoms with Crippen LogP contribution in [0.15, 0.2) is 24.3 Å². The minimum atomic E-state index is 0.259. The van der Waals surface area contributed by atoms with Gasteiger partial charge in [0, 0.05) is 37.8 Å². The summed E-state index contributed by atoms with van der Waals surface area (Å²) in [5.74, 6) is 1.09. The fraction of sp³-hybridized carbons (Fsp3) is 0.533. The van der Waals surface area contributed by atoms with Crippen LogP contribution in [0.1, 0.15) is 25.7 Å². The Balaban J connectivity index is 1.74. The molecule has 4 nitrogen and oxygen atoms in total. The summed E-state index contributed by atoms with van der Waals surface area (Å²) in [4.78, 5) is 14.0. The molecule has 1 aliphatic rings. The number of likely N-dealkylation sites (tertiary alicyclic amines) is 1. The van der Waals surface area contributed by atoms with Gasteiger partial charge < -0.3 is 15.0 Å². The van der Waals surface area contributed by atoms with E-state index < -0.39 is 0 Å². The molecule has 1 fully saturated rings. The highest BCUT2D eigenvalue weighted by molar-refractivity contribution is 5.76. The number of piperidine rings is 1. The first-order valence-corrected chi connectivity index (χ1v) is 6.95. The van der Waals surface area contributed by atoms with Gasteiger partial charge in [0.25, 0.3) is 0 Å². The first-order valence-electron chi connectivity index (χ1n) is 6.95. The molecule has 0 spiro atoms.